The van der Waals surface area contributed by atoms with Crippen LogP contribution in [0.15, 0.2) is 23.1 Å². The molecule has 2 aromatic rings. The van der Waals surface area contributed by atoms with Gasteiger partial charge in [-0.25, -0.2) is 8.42 Å². The number of rotatable bonds is 1. The van der Waals surface area contributed by atoms with E-state index < -0.39 is 9.84 Å². The van der Waals surface area contributed by atoms with Crippen molar-refractivity contribution in [3.8, 4) is 0 Å². The summed E-state index contributed by atoms with van der Waals surface area (Å²) in [6.45, 7) is 0. The van der Waals surface area contributed by atoms with Gasteiger partial charge in [-0.2, -0.15) is 0 Å². The Bertz CT molecular complexity index is 637. The van der Waals surface area contributed by atoms with Crippen molar-refractivity contribution in [1.29, 1.82) is 0 Å². The Balaban J connectivity index is 2.80. The maximum Gasteiger partial charge on any atom is 0.175 e. The second-order valence-electron chi connectivity index (χ2n) is 3.06. The third-order valence-electron chi connectivity index (χ3n) is 1.92. The van der Waals surface area contributed by atoms with E-state index in [0.717, 1.165) is 5.52 Å². The lowest BCUT2D eigenvalue weighted by atomic mass is 10.3. The molecular weight excluding hydrogens is 220 g/mol. The predicted molar refractivity (Wildman–Crippen MR) is 56.6 cm³/mol. The number of benzene rings is 1. The van der Waals surface area contributed by atoms with Gasteiger partial charge in [0.2, 0.25) is 0 Å². The fraction of sp³-hybridized carbons (Fsp3) is 0.125. The first-order chi connectivity index (χ1) is 6.47. The predicted octanol–water partition coefficient (Wildman–Crippen LogP) is 1.63. The lowest BCUT2D eigenvalue weighted by Crippen LogP contribution is -1.96. The lowest BCUT2D eigenvalue weighted by molar-refractivity contribution is 0.602. The third-order valence-corrected chi connectivity index (χ3v) is 3.23. The molecule has 6 heteroatoms. The Morgan fingerprint density at radius 1 is 1.21 bits per heavy atom. The first kappa shape index (κ1) is 9.42. The van der Waals surface area contributed by atoms with Gasteiger partial charge in [0.05, 0.1) is 15.9 Å². The van der Waals surface area contributed by atoms with Gasteiger partial charge < -0.3 is 9.97 Å². The van der Waals surface area contributed by atoms with Gasteiger partial charge in [-0.05, 0) is 30.4 Å². The van der Waals surface area contributed by atoms with Crippen LogP contribution in [0.3, 0.4) is 0 Å². The largest absolute Gasteiger partial charge is 0.331 e. The molecule has 1 aromatic heterocycles. The summed E-state index contributed by atoms with van der Waals surface area (Å²) < 4.78 is 23.0. The average Bonchev–Trinajstić information content (AvgIpc) is 2.41. The lowest BCUT2D eigenvalue weighted by Gasteiger charge is -1.96. The molecule has 0 fully saturated rings. The quantitative estimate of drug-likeness (QED) is 0.729. The van der Waals surface area contributed by atoms with E-state index in [4.69, 9.17) is 12.2 Å². The number of hydrogen-bond acceptors (Lipinski definition) is 3. The standard InChI is InChI=1S/C8H8N2O2S2/c1-14(11,12)5-2-3-6-7(4-5)10-8(13)9-6/h2-4H,1H3,(H2,9,10,13). The summed E-state index contributed by atoms with van der Waals surface area (Å²) in [5.41, 5.74) is 1.51. The van der Waals surface area contributed by atoms with Crippen LogP contribution in [0, 0.1) is 4.77 Å². The maximum absolute atomic E-state index is 11.2. The number of H-pyrrole nitrogens is 2. The summed E-state index contributed by atoms with van der Waals surface area (Å²) in [5, 5.41) is 0. The zero-order valence-corrected chi connectivity index (χ0v) is 9.00. The minimum atomic E-state index is -3.15. The molecule has 4 nitrogen and oxygen atoms in total. The van der Waals surface area contributed by atoms with Crippen molar-refractivity contribution in [1.82, 2.24) is 9.97 Å². The number of hydrogen-bond donors (Lipinski definition) is 2. The van der Waals surface area contributed by atoms with Crippen molar-refractivity contribution >= 4 is 33.1 Å². The first-order valence-corrected chi connectivity index (χ1v) is 6.19. The molecule has 0 aliphatic rings. The summed E-state index contributed by atoms with van der Waals surface area (Å²) in [4.78, 5) is 6.05. The van der Waals surface area contributed by atoms with Crippen LogP contribution in [0.1, 0.15) is 0 Å². The van der Waals surface area contributed by atoms with E-state index in [1.165, 1.54) is 6.26 Å². The fourth-order valence-electron chi connectivity index (χ4n) is 1.24. The molecule has 0 saturated heterocycles. The molecule has 14 heavy (non-hydrogen) atoms. The van der Waals surface area contributed by atoms with E-state index in [0.29, 0.717) is 10.3 Å². The van der Waals surface area contributed by atoms with Crippen molar-refractivity contribution < 1.29 is 8.42 Å². The van der Waals surface area contributed by atoms with E-state index in [2.05, 4.69) is 9.97 Å². The molecule has 0 unspecified atom stereocenters. The molecule has 0 bridgehead atoms. The van der Waals surface area contributed by atoms with Gasteiger partial charge in [-0.15, -0.1) is 0 Å². The van der Waals surface area contributed by atoms with Crippen LogP contribution in [0.25, 0.3) is 11.0 Å². The normalized spacial score (nSPS) is 12.1. The van der Waals surface area contributed by atoms with Gasteiger partial charge in [0.15, 0.2) is 14.6 Å². The highest BCUT2D eigenvalue weighted by Crippen LogP contribution is 2.15. The SMILES string of the molecule is CS(=O)(=O)c1ccc2[nH]c(=S)[nH]c2c1. The molecule has 0 aliphatic carbocycles. The van der Waals surface area contributed by atoms with Gasteiger partial charge >= 0.3 is 0 Å². The Morgan fingerprint density at radius 2 is 1.86 bits per heavy atom. The first-order valence-electron chi connectivity index (χ1n) is 3.89. The number of imidazole rings is 1. The molecular formula is C8H8N2O2S2. The smallest absolute Gasteiger partial charge is 0.175 e. The average molecular weight is 228 g/mol. The zero-order valence-electron chi connectivity index (χ0n) is 7.37. The van der Waals surface area contributed by atoms with Crippen LogP contribution in [0.4, 0.5) is 0 Å². The van der Waals surface area contributed by atoms with Gasteiger partial charge in [0.25, 0.3) is 0 Å². The molecule has 0 saturated carbocycles. The van der Waals surface area contributed by atoms with Crippen molar-refractivity contribution in [2.24, 2.45) is 0 Å². The van der Waals surface area contributed by atoms with Crippen LogP contribution in [0.5, 0.6) is 0 Å². The monoisotopic (exact) mass is 228 g/mol. The summed E-state index contributed by atoms with van der Waals surface area (Å²) in [6, 6.07) is 4.81. The molecule has 0 radical (unpaired) electrons. The number of sulfone groups is 1. The minimum absolute atomic E-state index is 0.287. The van der Waals surface area contributed by atoms with Gasteiger partial charge in [-0.1, -0.05) is 0 Å². The van der Waals surface area contributed by atoms with E-state index in [1.807, 2.05) is 0 Å². The van der Waals surface area contributed by atoms with E-state index in [9.17, 15) is 8.42 Å². The third kappa shape index (κ3) is 1.58. The minimum Gasteiger partial charge on any atom is -0.331 e. The molecule has 0 spiro atoms. The molecule has 2 N–H and O–H groups in total. The number of aromatic amines is 2. The maximum atomic E-state index is 11.2. The Hall–Kier alpha value is -1.14. The van der Waals surface area contributed by atoms with Gasteiger partial charge in [-0.3, -0.25) is 0 Å². The van der Waals surface area contributed by atoms with Crippen LogP contribution < -0.4 is 0 Å². The highest BCUT2D eigenvalue weighted by atomic mass is 32.2. The second-order valence-corrected chi connectivity index (χ2v) is 5.48. The highest BCUT2D eigenvalue weighted by Gasteiger charge is 2.07. The van der Waals surface area contributed by atoms with Crippen molar-refractivity contribution in [3.63, 3.8) is 0 Å². The molecule has 0 atom stereocenters. The van der Waals surface area contributed by atoms with Crippen molar-refractivity contribution in [2.75, 3.05) is 6.26 Å². The Labute approximate surface area is 85.9 Å². The number of aromatic nitrogens is 2. The Kier molecular flexibility index (Phi) is 1.97. The van der Waals surface area contributed by atoms with Gasteiger partial charge in [0.1, 0.15) is 0 Å². The van der Waals surface area contributed by atoms with E-state index in [-0.39, 0.29) is 4.90 Å². The summed E-state index contributed by atoms with van der Waals surface area (Å²) in [7, 11) is -3.15. The fourth-order valence-corrected chi connectivity index (χ4v) is 2.11. The van der Waals surface area contributed by atoms with Crippen molar-refractivity contribution in [3.05, 3.63) is 23.0 Å². The topological polar surface area (TPSA) is 65.7 Å². The number of fused-ring (bicyclic) bond motifs is 1. The molecule has 74 valence electrons. The molecule has 1 aromatic carbocycles. The van der Waals surface area contributed by atoms with Crippen LogP contribution in [-0.4, -0.2) is 24.6 Å². The molecule has 1 heterocycles. The number of nitrogens with one attached hydrogen (secondary N) is 2. The van der Waals surface area contributed by atoms with Crippen LogP contribution >= 0.6 is 12.2 Å². The summed E-state index contributed by atoms with van der Waals surface area (Å²) in [6.07, 6.45) is 1.18. The molecule has 0 aliphatic heterocycles. The zero-order chi connectivity index (χ0) is 10.3. The summed E-state index contributed by atoms with van der Waals surface area (Å²) >= 11 is 4.89. The van der Waals surface area contributed by atoms with E-state index >= 15 is 0 Å². The van der Waals surface area contributed by atoms with Crippen LogP contribution in [0.2, 0.25) is 0 Å². The molecule has 0 amide bonds. The highest BCUT2D eigenvalue weighted by molar-refractivity contribution is 7.90. The van der Waals surface area contributed by atoms with E-state index in [1.54, 1.807) is 18.2 Å². The summed E-state index contributed by atoms with van der Waals surface area (Å²) in [5.74, 6) is 0. The van der Waals surface area contributed by atoms with Gasteiger partial charge in [0, 0.05) is 6.26 Å². The molecule has 2 rings (SSSR count). The van der Waals surface area contributed by atoms with Crippen molar-refractivity contribution in [2.45, 2.75) is 4.90 Å². The second kappa shape index (κ2) is 2.93. The Morgan fingerprint density at radius 3 is 2.50 bits per heavy atom. The van der Waals surface area contributed by atoms with Crippen LogP contribution in [-0.2, 0) is 9.84 Å².